The summed E-state index contributed by atoms with van der Waals surface area (Å²) < 4.78 is 5.43. The van der Waals surface area contributed by atoms with Gasteiger partial charge in [0.25, 0.3) is 0 Å². The van der Waals surface area contributed by atoms with Crippen LogP contribution in [0.2, 0.25) is 0 Å². The van der Waals surface area contributed by atoms with E-state index in [1.807, 2.05) is 0 Å². The first kappa shape index (κ1) is 22.2. The number of aryl methyl sites for hydroxylation is 2. The molecule has 25 heavy (non-hydrogen) atoms. The quantitative estimate of drug-likeness (QED) is 0.353. The zero-order valence-electron chi connectivity index (χ0n) is 16.1. The molecule has 2 heterocycles. The third-order valence-electron chi connectivity index (χ3n) is 4.76. The summed E-state index contributed by atoms with van der Waals surface area (Å²) in [7, 11) is 0. The van der Waals surface area contributed by atoms with E-state index in [1.54, 1.807) is 0 Å². The fourth-order valence-corrected chi connectivity index (χ4v) is 3.37. The summed E-state index contributed by atoms with van der Waals surface area (Å²) in [5.41, 5.74) is 2.17. The minimum absolute atomic E-state index is 0. The number of hydrogen-bond donors (Lipinski definition) is 2. The van der Waals surface area contributed by atoms with Crippen molar-refractivity contribution in [3.63, 3.8) is 0 Å². The van der Waals surface area contributed by atoms with E-state index in [-0.39, 0.29) is 24.0 Å². The van der Waals surface area contributed by atoms with Crippen LogP contribution >= 0.6 is 24.0 Å². The van der Waals surface area contributed by atoms with Crippen LogP contribution in [0.4, 0.5) is 0 Å². The molecule has 0 aromatic carbocycles. The molecule has 1 atom stereocenters. The number of halogens is 1. The zero-order valence-corrected chi connectivity index (χ0v) is 18.4. The van der Waals surface area contributed by atoms with E-state index in [4.69, 9.17) is 9.52 Å². The van der Waals surface area contributed by atoms with Gasteiger partial charge in [-0.05, 0) is 39.3 Å². The average Bonchev–Trinajstić information content (AvgIpc) is 3.22. The molecule has 6 nitrogen and oxygen atoms in total. The predicted octanol–water partition coefficient (Wildman–Crippen LogP) is 2.96. The lowest BCUT2D eigenvalue weighted by molar-refractivity contribution is 0.267. The van der Waals surface area contributed by atoms with E-state index in [9.17, 15) is 0 Å². The van der Waals surface area contributed by atoms with E-state index in [1.165, 1.54) is 19.4 Å². The highest BCUT2D eigenvalue weighted by Crippen LogP contribution is 2.17. The standard InChI is InChI=1S/C18H33N5O.HI/c1-5-16-15(17(6-2)24-22-16)13-21-18(19-7-3)20-12-14-10-9-11-23(14)8-4;/h14H,5-13H2,1-4H3,(H2,19,20,21);1H. The lowest BCUT2D eigenvalue weighted by Gasteiger charge is -2.24. The van der Waals surface area contributed by atoms with Crippen LogP contribution in [0.3, 0.4) is 0 Å². The predicted molar refractivity (Wildman–Crippen MR) is 114 cm³/mol. The number of nitrogens with zero attached hydrogens (tertiary/aromatic N) is 3. The monoisotopic (exact) mass is 463 g/mol. The molecule has 0 spiro atoms. The van der Waals surface area contributed by atoms with Gasteiger partial charge in [-0.15, -0.1) is 24.0 Å². The number of aliphatic imine (C=N–C) groups is 1. The molecule has 0 bridgehead atoms. The van der Waals surface area contributed by atoms with E-state index >= 15 is 0 Å². The van der Waals surface area contributed by atoms with Gasteiger partial charge >= 0.3 is 0 Å². The molecule has 1 aromatic rings. The van der Waals surface area contributed by atoms with Crippen molar-refractivity contribution in [2.24, 2.45) is 4.99 Å². The van der Waals surface area contributed by atoms with Crippen molar-refractivity contribution in [1.82, 2.24) is 20.7 Å². The molecular formula is C18H34IN5O. The molecule has 144 valence electrons. The van der Waals surface area contributed by atoms with Crippen molar-refractivity contribution in [2.75, 3.05) is 26.2 Å². The Labute approximate surface area is 169 Å². The molecule has 1 aliphatic heterocycles. The highest BCUT2D eigenvalue weighted by Gasteiger charge is 2.22. The second kappa shape index (κ2) is 11.7. The number of nitrogens with one attached hydrogen (secondary N) is 2. The van der Waals surface area contributed by atoms with Gasteiger partial charge < -0.3 is 15.2 Å². The average molecular weight is 463 g/mol. The molecule has 1 unspecified atom stereocenters. The Kier molecular flexibility index (Phi) is 10.4. The third-order valence-corrected chi connectivity index (χ3v) is 4.76. The van der Waals surface area contributed by atoms with Gasteiger partial charge in [-0.25, -0.2) is 4.99 Å². The van der Waals surface area contributed by atoms with Crippen molar-refractivity contribution in [3.8, 4) is 0 Å². The summed E-state index contributed by atoms with van der Waals surface area (Å²) in [5.74, 6) is 1.84. The van der Waals surface area contributed by atoms with Crippen LogP contribution in [0.25, 0.3) is 0 Å². The molecule has 1 fully saturated rings. The van der Waals surface area contributed by atoms with Crippen molar-refractivity contribution in [2.45, 2.75) is 66.0 Å². The third kappa shape index (κ3) is 6.13. The van der Waals surface area contributed by atoms with Gasteiger partial charge in [-0.2, -0.15) is 0 Å². The number of rotatable bonds is 8. The summed E-state index contributed by atoms with van der Waals surface area (Å²) in [6.45, 7) is 13.3. The zero-order chi connectivity index (χ0) is 17.4. The summed E-state index contributed by atoms with van der Waals surface area (Å²) >= 11 is 0. The topological polar surface area (TPSA) is 65.7 Å². The van der Waals surface area contributed by atoms with Crippen LogP contribution in [-0.4, -0.2) is 48.2 Å². The number of likely N-dealkylation sites (N-methyl/N-ethyl adjacent to an activating group) is 1. The van der Waals surface area contributed by atoms with Crippen molar-refractivity contribution >= 4 is 29.9 Å². The summed E-state index contributed by atoms with van der Waals surface area (Å²) in [4.78, 5) is 7.30. The highest BCUT2D eigenvalue weighted by molar-refractivity contribution is 14.0. The maximum Gasteiger partial charge on any atom is 0.191 e. The molecule has 0 radical (unpaired) electrons. The maximum absolute atomic E-state index is 5.43. The minimum Gasteiger partial charge on any atom is -0.361 e. The Balaban J connectivity index is 0.00000312. The van der Waals surface area contributed by atoms with Crippen LogP contribution in [0.5, 0.6) is 0 Å². The van der Waals surface area contributed by atoms with E-state index in [0.29, 0.717) is 12.6 Å². The lowest BCUT2D eigenvalue weighted by atomic mass is 10.1. The second-order valence-electron chi connectivity index (χ2n) is 6.24. The van der Waals surface area contributed by atoms with Crippen LogP contribution < -0.4 is 10.6 Å². The van der Waals surface area contributed by atoms with Gasteiger partial charge in [-0.1, -0.05) is 25.9 Å². The SMILES string of the molecule is CCNC(=NCc1c(CC)noc1CC)NCC1CCCN1CC.I. The fourth-order valence-electron chi connectivity index (χ4n) is 3.37. The van der Waals surface area contributed by atoms with Crippen molar-refractivity contribution < 1.29 is 4.52 Å². The molecular weight excluding hydrogens is 429 g/mol. The minimum atomic E-state index is 0. The van der Waals surface area contributed by atoms with Crippen LogP contribution in [-0.2, 0) is 19.4 Å². The molecule has 1 saturated heterocycles. The van der Waals surface area contributed by atoms with Gasteiger partial charge in [0.2, 0.25) is 0 Å². The van der Waals surface area contributed by atoms with Gasteiger partial charge in [0, 0.05) is 31.1 Å². The molecule has 1 aliphatic rings. The molecule has 0 amide bonds. The Bertz CT molecular complexity index is 510. The molecule has 0 saturated carbocycles. The van der Waals surface area contributed by atoms with Crippen LogP contribution in [0, 0.1) is 0 Å². The Morgan fingerprint density at radius 1 is 1.24 bits per heavy atom. The van der Waals surface area contributed by atoms with Crippen molar-refractivity contribution in [3.05, 3.63) is 17.0 Å². The molecule has 2 N–H and O–H groups in total. The van der Waals surface area contributed by atoms with E-state index in [0.717, 1.165) is 55.5 Å². The largest absolute Gasteiger partial charge is 0.361 e. The fraction of sp³-hybridized carbons (Fsp3) is 0.778. The molecule has 1 aromatic heterocycles. The second-order valence-corrected chi connectivity index (χ2v) is 6.24. The van der Waals surface area contributed by atoms with E-state index in [2.05, 4.69) is 48.4 Å². The highest BCUT2D eigenvalue weighted by atomic mass is 127. The first-order valence-electron chi connectivity index (χ1n) is 9.45. The molecule has 7 heteroatoms. The van der Waals surface area contributed by atoms with Gasteiger partial charge in [0.15, 0.2) is 5.96 Å². The van der Waals surface area contributed by atoms with Gasteiger partial charge in [0.05, 0.1) is 12.2 Å². The number of aromatic nitrogens is 1. The van der Waals surface area contributed by atoms with Gasteiger partial charge in [0.1, 0.15) is 5.76 Å². The number of guanidine groups is 1. The van der Waals surface area contributed by atoms with Crippen molar-refractivity contribution in [1.29, 1.82) is 0 Å². The van der Waals surface area contributed by atoms with Crippen LogP contribution in [0.15, 0.2) is 9.52 Å². The number of hydrogen-bond acceptors (Lipinski definition) is 4. The Hall–Kier alpha value is -0.830. The smallest absolute Gasteiger partial charge is 0.191 e. The maximum atomic E-state index is 5.43. The molecule has 2 rings (SSSR count). The Morgan fingerprint density at radius 2 is 2.04 bits per heavy atom. The lowest BCUT2D eigenvalue weighted by Crippen LogP contribution is -2.44. The Morgan fingerprint density at radius 3 is 2.68 bits per heavy atom. The summed E-state index contributed by atoms with van der Waals surface area (Å²) in [6, 6.07) is 0.617. The van der Waals surface area contributed by atoms with Gasteiger partial charge in [-0.3, -0.25) is 4.90 Å². The molecule has 0 aliphatic carbocycles. The first-order chi connectivity index (χ1) is 11.7. The normalized spacial score (nSPS) is 18.2. The van der Waals surface area contributed by atoms with E-state index < -0.39 is 0 Å². The summed E-state index contributed by atoms with van der Waals surface area (Å²) in [5, 5.41) is 11.0. The van der Waals surface area contributed by atoms with Crippen LogP contribution in [0.1, 0.15) is 57.6 Å². The first-order valence-corrected chi connectivity index (χ1v) is 9.45. The number of likely N-dealkylation sites (tertiary alicyclic amines) is 1. The summed E-state index contributed by atoms with van der Waals surface area (Å²) in [6.07, 6.45) is 4.31.